The van der Waals surface area contributed by atoms with E-state index in [0.717, 1.165) is 49.7 Å². The fourth-order valence-corrected chi connectivity index (χ4v) is 2.61. The minimum absolute atomic E-state index is 0.783. The third kappa shape index (κ3) is 3.73. The molecule has 0 spiro atoms. The van der Waals surface area contributed by atoms with Gasteiger partial charge in [0.05, 0.1) is 6.61 Å². The Morgan fingerprint density at radius 2 is 2.05 bits per heavy atom. The molecule has 3 heteroatoms. The van der Waals surface area contributed by atoms with Gasteiger partial charge < -0.3 is 10.1 Å². The lowest BCUT2D eigenvalue weighted by Gasteiger charge is -2.12. The number of rotatable bonds is 8. The van der Waals surface area contributed by atoms with E-state index in [-0.39, 0.29) is 0 Å². The van der Waals surface area contributed by atoms with Crippen LogP contribution in [0, 0.1) is 5.92 Å². The number of ether oxygens (including phenoxy) is 1. The van der Waals surface area contributed by atoms with Crippen molar-refractivity contribution in [3.63, 3.8) is 0 Å². The van der Waals surface area contributed by atoms with Crippen molar-refractivity contribution in [1.82, 2.24) is 10.3 Å². The van der Waals surface area contributed by atoms with E-state index in [2.05, 4.69) is 41.5 Å². The molecule has 1 saturated carbocycles. The Hall–Kier alpha value is -1.61. The van der Waals surface area contributed by atoms with Gasteiger partial charge in [0.2, 0.25) is 5.88 Å². The number of aromatic nitrogens is 1. The van der Waals surface area contributed by atoms with Crippen molar-refractivity contribution in [1.29, 1.82) is 0 Å². The molecule has 1 aromatic carbocycles. The van der Waals surface area contributed by atoms with E-state index >= 15 is 0 Å². The van der Waals surface area contributed by atoms with E-state index < -0.39 is 0 Å². The van der Waals surface area contributed by atoms with Crippen LogP contribution in [0.15, 0.2) is 30.5 Å². The Morgan fingerprint density at radius 1 is 1.24 bits per heavy atom. The SMILES string of the molecule is CCCNCc1cnc(OCCC2CC2)c2ccccc12. The third-order valence-electron chi connectivity index (χ3n) is 4.05. The lowest BCUT2D eigenvalue weighted by Crippen LogP contribution is -2.14. The highest BCUT2D eigenvalue weighted by Crippen LogP contribution is 2.33. The predicted octanol–water partition coefficient (Wildman–Crippen LogP) is 3.91. The molecule has 0 saturated heterocycles. The molecule has 1 aliphatic rings. The highest BCUT2D eigenvalue weighted by Gasteiger charge is 2.21. The fraction of sp³-hybridized carbons (Fsp3) is 0.500. The van der Waals surface area contributed by atoms with E-state index in [4.69, 9.17) is 4.74 Å². The van der Waals surface area contributed by atoms with Gasteiger partial charge in [-0.25, -0.2) is 4.98 Å². The minimum Gasteiger partial charge on any atom is -0.477 e. The maximum absolute atomic E-state index is 5.92. The largest absolute Gasteiger partial charge is 0.477 e. The average molecular weight is 284 g/mol. The van der Waals surface area contributed by atoms with Crippen molar-refractivity contribution in [2.75, 3.05) is 13.2 Å². The van der Waals surface area contributed by atoms with Crippen LogP contribution in [0.25, 0.3) is 10.8 Å². The molecule has 3 nitrogen and oxygen atoms in total. The molecule has 1 aromatic heterocycles. The Kier molecular flexibility index (Phi) is 4.71. The van der Waals surface area contributed by atoms with E-state index in [1.165, 1.54) is 23.8 Å². The number of nitrogens with zero attached hydrogens (tertiary/aromatic N) is 1. The maximum Gasteiger partial charge on any atom is 0.221 e. The van der Waals surface area contributed by atoms with Gasteiger partial charge in [-0.15, -0.1) is 0 Å². The molecule has 0 amide bonds. The van der Waals surface area contributed by atoms with Gasteiger partial charge in [0.1, 0.15) is 0 Å². The molecule has 21 heavy (non-hydrogen) atoms. The predicted molar refractivity (Wildman–Crippen MR) is 86.6 cm³/mol. The molecule has 1 heterocycles. The van der Waals surface area contributed by atoms with Crippen LogP contribution in [-0.2, 0) is 6.54 Å². The van der Waals surface area contributed by atoms with Crippen LogP contribution in [0.3, 0.4) is 0 Å². The lowest BCUT2D eigenvalue weighted by atomic mass is 10.1. The van der Waals surface area contributed by atoms with Crippen LogP contribution in [0.2, 0.25) is 0 Å². The maximum atomic E-state index is 5.92. The van der Waals surface area contributed by atoms with E-state index in [1.807, 2.05) is 6.20 Å². The quantitative estimate of drug-likeness (QED) is 0.746. The summed E-state index contributed by atoms with van der Waals surface area (Å²) in [6, 6.07) is 8.41. The number of fused-ring (bicyclic) bond motifs is 1. The number of benzene rings is 1. The lowest BCUT2D eigenvalue weighted by molar-refractivity contribution is 0.295. The molecule has 0 atom stereocenters. The summed E-state index contributed by atoms with van der Waals surface area (Å²) in [5.41, 5.74) is 1.24. The Balaban J connectivity index is 1.76. The van der Waals surface area contributed by atoms with Gasteiger partial charge in [-0.1, -0.05) is 38.0 Å². The molecule has 1 N–H and O–H groups in total. The van der Waals surface area contributed by atoms with Crippen LogP contribution < -0.4 is 10.1 Å². The molecule has 0 bridgehead atoms. The second-order valence-corrected chi connectivity index (χ2v) is 5.89. The van der Waals surface area contributed by atoms with Crippen molar-refractivity contribution in [2.45, 2.75) is 39.2 Å². The van der Waals surface area contributed by atoms with E-state index in [1.54, 1.807) is 0 Å². The minimum atomic E-state index is 0.783. The van der Waals surface area contributed by atoms with Crippen molar-refractivity contribution in [2.24, 2.45) is 5.92 Å². The van der Waals surface area contributed by atoms with Gasteiger partial charge in [-0.2, -0.15) is 0 Å². The molecular formula is C18H24N2O. The van der Waals surface area contributed by atoms with Gasteiger partial charge in [0.25, 0.3) is 0 Å². The summed E-state index contributed by atoms with van der Waals surface area (Å²) >= 11 is 0. The first-order chi connectivity index (χ1) is 10.4. The van der Waals surface area contributed by atoms with Gasteiger partial charge in [0, 0.05) is 18.1 Å². The van der Waals surface area contributed by atoms with Crippen molar-refractivity contribution >= 4 is 10.8 Å². The second kappa shape index (κ2) is 6.90. The summed E-state index contributed by atoms with van der Waals surface area (Å²) < 4.78 is 5.92. The van der Waals surface area contributed by atoms with Gasteiger partial charge in [-0.05, 0) is 42.3 Å². The van der Waals surface area contributed by atoms with Crippen LogP contribution >= 0.6 is 0 Å². The molecular weight excluding hydrogens is 260 g/mol. The molecule has 112 valence electrons. The Bertz CT molecular complexity index is 593. The zero-order valence-electron chi connectivity index (χ0n) is 12.8. The standard InChI is InChI=1S/C18H24N2O/c1-2-10-19-12-15-13-20-18(21-11-9-14-7-8-14)17-6-4-3-5-16(15)17/h3-6,13-14,19H,2,7-12H2,1H3. The Labute approximate surface area is 126 Å². The third-order valence-corrected chi connectivity index (χ3v) is 4.05. The smallest absolute Gasteiger partial charge is 0.221 e. The summed E-state index contributed by atoms with van der Waals surface area (Å²) in [5, 5.41) is 5.83. The zero-order chi connectivity index (χ0) is 14.5. The first-order valence-corrected chi connectivity index (χ1v) is 8.08. The number of pyridine rings is 1. The molecule has 3 rings (SSSR count). The van der Waals surface area contributed by atoms with Gasteiger partial charge in [0.15, 0.2) is 0 Å². The topological polar surface area (TPSA) is 34.2 Å². The van der Waals surface area contributed by atoms with E-state index in [0.29, 0.717) is 0 Å². The molecule has 0 radical (unpaired) electrons. The Morgan fingerprint density at radius 3 is 2.81 bits per heavy atom. The van der Waals surface area contributed by atoms with Gasteiger partial charge in [-0.3, -0.25) is 0 Å². The number of hydrogen-bond donors (Lipinski definition) is 1. The van der Waals surface area contributed by atoms with E-state index in [9.17, 15) is 0 Å². The second-order valence-electron chi connectivity index (χ2n) is 5.89. The molecule has 1 aliphatic carbocycles. The number of nitrogens with one attached hydrogen (secondary N) is 1. The molecule has 2 aromatic rings. The summed E-state index contributed by atoms with van der Waals surface area (Å²) in [5.74, 6) is 1.68. The van der Waals surface area contributed by atoms with Crippen molar-refractivity contribution < 1.29 is 4.74 Å². The summed E-state index contributed by atoms with van der Waals surface area (Å²) in [6.07, 6.45) is 7.01. The zero-order valence-corrected chi connectivity index (χ0v) is 12.8. The van der Waals surface area contributed by atoms with Crippen molar-refractivity contribution in [3.05, 3.63) is 36.0 Å². The first-order valence-electron chi connectivity index (χ1n) is 8.08. The van der Waals surface area contributed by atoms with Crippen LogP contribution in [-0.4, -0.2) is 18.1 Å². The van der Waals surface area contributed by atoms with Crippen molar-refractivity contribution in [3.8, 4) is 5.88 Å². The fourth-order valence-electron chi connectivity index (χ4n) is 2.61. The van der Waals surface area contributed by atoms with Crippen LogP contribution in [0.5, 0.6) is 5.88 Å². The van der Waals surface area contributed by atoms with Crippen LogP contribution in [0.4, 0.5) is 0 Å². The molecule has 0 unspecified atom stereocenters. The van der Waals surface area contributed by atoms with Crippen LogP contribution in [0.1, 0.15) is 38.2 Å². The first kappa shape index (κ1) is 14.3. The number of hydrogen-bond acceptors (Lipinski definition) is 3. The molecule has 0 aliphatic heterocycles. The summed E-state index contributed by atoms with van der Waals surface area (Å²) in [4.78, 5) is 4.54. The normalized spacial score (nSPS) is 14.5. The van der Waals surface area contributed by atoms with Gasteiger partial charge >= 0.3 is 0 Å². The monoisotopic (exact) mass is 284 g/mol. The summed E-state index contributed by atoms with van der Waals surface area (Å²) in [6.45, 7) is 4.87. The highest BCUT2D eigenvalue weighted by molar-refractivity contribution is 5.89. The summed E-state index contributed by atoms with van der Waals surface area (Å²) in [7, 11) is 0. The highest BCUT2D eigenvalue weighted by atomic mass is 16.5. The molecule has 1 fully saturated rings. The average Bonchev–Trinajstić information content (AvgIpc) is 3.33.